The van der Waals surface area contributed by atoms with Crippen LogP contribution in [0.2, 0.25) is 0 Å². The predicted octanol–water partition coefficient (Wildman–Crippen LogP) is -0.247. The van der Waals surface area contributed by atoms with E-state index in [0.717, 1.165) is 0 Å². The van der Waals surface area contributed by atoms with E-state index in [2.05, 4.69) is 10.3 Å². The van der Waals surface area contributed by atoms with Crippen LogP contribution in [-0.4, -0.2) is 47.6 Å². The number of nitrogens with one attached hydrogen (secondary N) is 1. The van der Waals surface area contributed by atoms with Crippen LogP contribution in [0.15, 0.2) is 11.0 Å². The predicted molar refractivity (Wildman–Crippen MR) is 76.7 cm³/mol. The van der Waals surface area contributed by atoms with Crippen molar-refractivity contribution in [3.63, 3.8) is 0 Å². The molecule has 1 rings (SSSR count). The van der Waals surface area contributed by atoms with Crippen molar-refractivity contribution in [2.24, 2.45) is 0 Å². The largest absolute Gasteiger partial charge is 0.390 e. The average molecular weight is 367 g/mol. The van der Waals surface area contributed by atoms with Crippen LogP contribution in [0, 0.1) is 10.5 Å². The third-order valence-electron chi connectivity index (χ3n) is 2.46. The molecule has 7 heteroatoms. The van der Waals surface area contributed by atoms with E-state index in [1.54, 1.807) is 14.0 Å². The molecule has 1 aromatic rings. The minimum Gasteiger partial charge on any atom is -0.390 e. The summed E-state index contributed by atoms with van der Waals surface area (Å²) in [6.07, 6.45) is 0.913. The van der Waals surface area contributed by atoms with Crippen LogP contribution in [0.1, 0.15) is 5.82 Å². The molecule has 2 N–H and O–H groups in total. The molecule has 102 valence electrons. The van der Waals surface area contributed by atoms with E-state index in [0.29, 0.717) is 29.1 Å². The minimum absolute atomic E-state index is 0.112. The fraction of sp³-hybridized carbons (Fsp3) is 0.636. The molecule has 0 radical (unpaired) electrons. The molecule has 6 nitrogen and oxygen atoms in total. The van der Waals surface area contributed by atoms with Crippen LogP contribution < -0.4 is 10.9 Å². The SMILES string of the molecule is COCCNCC(O)Cn1c(C)ncc(I)c1=O. The molecule has 0 bridgehead atoms. The van der Waals surface area contributed by atoms with Gasteiger partial charge < -0.3 is 15.2 Å². The summed E-state index contributed by atoms with van der Waals surface area (Å²) in [6, 6.07) is 0. The standard InChI is InChI=1S/C11H18IN3O3/c1-8-14-6-10(12)11(17)15(8)7-9(16)5-13-3-4-18-2/h6,9,13,16H,3-5,7H2,1-2H3. The van der Waals surface area contributed by atoms with Crippen molar-refractivity contribution in [2.75, 3.05) is 26.8 Å². The van der Waals surface area contributed by atoms with Crippen molar-refractivity contribution in [3.05, 3.63) is 25.9 Å². The molecule has 0 amide bonds. The Kier molecular flexibility index (Phi) is 6.76. The normalized spacial score (nSPS) is 12.7. The molecule has 0 aliphatic rings. The van der Waals surface area contributed by atoms with Gasteiger partial charge in [-0.25, -0.2) is 4.98 Å². The van der Waals surface area contributed by atoms with Crippen LogP contribution in [0.3, 0.4) is 0 Å². The smallest absolute Gasteiger partial charge is 0.267 e. The Morgan fingerprint density at radius 3 is 3.06 bits per heavy atom. The third-order valence-corrected chi connectivity index (χ3v) is 3.20. The van der Waals surface area contributed by atoms with Crippen LogP contribution in [0.25, 0.3) is 0 Å². The Hall–Kier alpha value is -0.510. The lowest BCUT2D eigenvalue weighted by Crippen LogP contribution is -2.36. The topological polar surface area (TPSA) is 76.4 Å². The lowest BCUT2D eigenvalue weighted by Gasteiger charge is -2.15. The summed E-state index contributed by atoms with van der Waals surface area (Å²) >= 11 is 1.94. The van der Waals surface area contributed by atoms with Crippen LogP contribution in [0.4, 0.5) is 0 Å². The molecule has 0 aliphatic heterocycles. The van der Waals surface area contributed by atoms with Gasteiger partial charge in [0.1, 0.15) is 5.82 Å². The number of aromatic nitrogens is 2. The summed E-state index contributed by atoms with van der Waals surface area (Å²) < 4.78 is 6.93. The highest BCUT2D eigenvalue weighted by Gasteiger charge is 2.10. The molecular weight excluding hydrogens is 349 g/mol. The number of hydrogen-bond donors (Lipinski definition) is 2. The summed E-state index contributed by atoms with van der Waals surface area (Å²) in [5.74, 6) is 0.608. The lowest BCUT2D eigenvalue weighted by molar-refractivity contribution is 0.141. The van der Waals surface area contributed by atoms with E-state index in [1.165, 1.54) is 10.8 Å². The number of ether oxygens (including phenoxy) is 1. The zero-order valence-corrected chi connectivity index (χ0v) is 12.7. The average Bonchev–Trinajstić information content (AvgIpc) is 2.35. The summed E-state index contributed by atoms with van der Waals surface area (Å²) in [4.78, 5) is 16.0. The second kappa shape index (κ2) is 7.82. The minimum atomic E-state index is -0.627. The fourth-order valence-corrected chi connectivity index (χ4v) is 1.91. The summed E-state index contributed by atoms with van der Waals surface area (Å²) in [7, 11) is 1.62. The van der Waals surface area contributed by atoms with Crippen molar-refractivity contribution >= 4 is 22.6 Å². The van der Waals surface area contributed by atoms with Gasteiger partial charge in [0.25, 0.3) is 5.56 Å². The number of aliphatic hydroxyl groups excluding tert-OH is 1. The van der Waals surface area contributed by atoms with Crippen molar-refractivity contribution in [1.82, 2.24) is 14.9 Å². The second-order valence-corrected chi connectivity index (χ2v) is 5.08. The lowest BCUT2D eigenvalue weighted by atomic mass is 10.3. The molecule has 1 aromatic heterocycles. The fourth-order valence-electron chi connectivity index (χ4n) is 1.48. The molecule has 0 saturated carbocycles. The van der Waals surface area contributed by atoms with E-state index in [4.69, 9.17) is 4.74 Å². The maximum absolute atomic E-state index is 11.9. The van der Waals surface area contributed by atoms with Gasteiger partial charge in [-0.3, -0.25) is 9.36 Å². The number of halogens is 1. The van der Waals surface area contributed by atoms with E-state index < -0.39 is 6.10 Å². The Morgan fingerprint density at radius 2 is 2.39 bits per heavy atom. The Balaban J connectivity index is 2.56. The quantitative estimate of drug-likeness (QED) is 0.514. The Labute approximate surface area is 120 Å². The number of rotatable bonds is 7. The molecule has 1 heterocycles. The van der Waals surface area contributed by atoms with Crippen LogP contribution in [-0.2, 0) is 11.3 Å². The molecule has 0 spiro atoms. The highest BCUT2D eigenvalue weighted by Crippen LogP contribution is 1.98. The van der Waals surface area contributed by atoms with Gasteiger partial charge in [0.2, 0.25) is 0 Å². The molecule has 0 aromatic carbocycles. The number of aliphatic hydroxyl groups is 1. The van der Waals surface area contributed by atoms with Gasteiger partial charge >= 0.3 is 0 Å². The monoisotopic (exact) mass is 367 g/mol. The summed E-state index contributed by atoms with van der Waals surface area (Å²) in [5.41, 5.74) is -0.112. The highest BCUT2D eigenvalue weighted by atomic mass is 127. The van der Waals surface area contributed by atoms with Crippen molar-refractivity contribution in [2.45, 2.75) is 19.6 Å². The number of hydrogen-bond acceptors (Lipinski definition) is 5. The van der Waals surface area contributed by atoms with Gasteiger partial charge in [-0.05, 0) is 29.5 Å². The zero-order chi connectivity index (χ0) is 13.5. The third kappa shape index (κ3) is 4.63. The second-order valence-electron chi connectivity index (χ2n) is 3.92. The van der Waals surface area contributed by atoms with E-state index in [-0.39, 0.29) is 12.1 Å². The van der Waals surface area contributed by atoms with Gasteiger partial charge in [-0.1, -0.05) is 0 Å². The van der Waals surface area contributed by atoms with Gasteiger partial charge in [0.05, 0.1) is 22.8 Å². The molecule has 18 heavy (non-hydrogen) atoms. The molecule has 0 aliphatic carbocycles. The molecule has 0 saturated heterocycles. The summed E-state index contributed by atoms with van der Waals surface area (Å²) in [6.45, 7) is 3.68. The first-order chi connectivity index (χ1) is 8.56. The number of methoxy groups -OCH3 is 1. The first-order valence-electron chi connectivity index (χ1n) is 5.66. The molecular formula is C11H18IN3O3. The van der Waals surface area contributed by atoms with Gasteiger partial charge in [-0.2, -0.15) is 0 Å². The maximum Gasteiger partial charge on any atom is 0.267 e. The molecule has 1 unspecified atom stereocenters. The van der Waals surface area contributed by atoms with Crippen molar-refractivity contribution in [1.29, 1.82) is 0 Å². The zero-order valence-electron chi connectivity index (χ0n) is 10.5. The maximum atomic E-state index is 11.9. The van der Waals surface area contributed by atoms with E-state index in [9.17, 15) is 9.90 Å². The van der Waals surface area contributed by atoms with Crippen molar-refractivity contribution < 1.29 is 9.84 Å². The first-order valence-corrected chi connectivity index (χ1v) is 6.73. The van der Waals surface area contributed by atoms with Gasteiger partial charge in [0.15, 0.2) is 0 Å². The molecule has 1 atom stereocenters. The number of nitrogens with zero attached hydrogens (tertiary/aromatic N) is 2. The van der Waals surface area contributed by atoms with Crippen molar-refractivity contribution in [3.8, 4) is 0 Å². The van der Waals surface area contributed by atoms with Crippen LogP contribution in [0.5, 0.6) is 0 Å². The van der Waals surface area contributed by atoms with E-state index in [1.807, 2.05) is 22.6 Å². The van der Waals surface area contributed by atoms with E-state index >= 15 is 0 Å². The van der Waals surface area contributed by atoms with Gasteiger partial charge in [-0.15, -0.1) is 0 Å². The Morgan fingerprint density at radius 1 is 1.67 bits per heavy atom. The molecule has 0 fully saturated rings. The Bertz CT molecular complexity index is 436. The number of aryl methyl sites for hydroxylation is 1. The summed E-state index contributed by atoms with van der Waals surface area (Å²) in [5, 5.41) is 12.9. The highest BCUT2D eigenvalue weighted by molar-refractivity contribution is 14.1. The van der Waals surface area contributed by atoms with Crippen LogP contribution >= 0.6 is 22.6 Å². The first kappa shape index (κ1) is 15.5. The van der Waals surface area contributed by atoms with Gasteiger partial charge in [0, 0.05) is 26.4 Å².